The van der Waals surface area contributed by atoms with Crippen LogP contribution in [-0.2, 0) is 5.41 Å². The quantitative estimate of drug-likeness (QED) is 0.658. The second-order valence-electron chi connectivity index (χ2n) is 5.93. The topological polar surface area (TPSA) is 38.0 Å². The van der Waals surface area contributed by atoms with Gasteiger partial charge in [0.05, 0.1) is 6.04 Å². The SMILES string of the molecule is Cc1cc(C(NN)c2ccccc2C(C)(C)C)cs1. The van der Waals surface area contributed by atoms with Gasteiger partial charge in [0.2, 0.25) is 0 Å². The molecule has 0 aliphatic rings. The fourth-order valence-corrected chi connectivity index (χ4v) is 3.14. The van der Waals surface area contributed by atoms with Gasteiger partial charge >= 0.3 is 0 Å². The molecule has 1 heterocycles. The summed E-state index contributed by atoms with van der Waals surface area (Å²) >= 11 is 1.76. The third-order valence-electron chi connectivity index (χ3n) is 3.33. The summed E-state index contributed by atoms with van der Waals surface area (Å²) in [6.07, 6.45) is 0. The summed E-state index contributed by atoms with van der Waals surface area (Å²) in [5, 5.41) is 2.18. The second-order valence-corrected chi connectivity index (χ2v) is 7.04. The molecule has 1 atom stereocenters. The van der Waals surface area contributed by atoms with E-state index in [-0.39, 0.29) is 11.5 Å². The van der Waals surface area contributed by atoms with Crippen LogP contribution in [-0.4, -0.2) is 0 Å². The summed E-state index contributed by atoms with van der Waals surface area (Å²) < 4.78 is 0. The smallest absolute Gasteiger partial charge is 0.0721 e. The van der Waals surface area contributed by atoms with Crippen molar-refractivity contribution in [3.8, 4) is 0 Å². The highest BCUT2D eigenvalue weighted by Crippen LogP contribution is 2.33. The van der Waals surface area contributed by atoms with Gasteiger partial charge in [-0.1, -0.05) is 45.0 Å². The van der Waals surface area contributed by atoms with Gasteiger partial charge in [-0.3, -0.25) is 5.84 Å². The zero-order chi connectivity index (χ0) is 14.0. The predicted octanol–water partition coefficient (Wildman–Crippen LogP) is 3.91. The van der Waals surface area contributed by atoms with Crippen LogP contribution in [0.1, 0.15) is 48.4 Å². The first-order chi connectivity index (χ1) is 8.93. The van der Waals surface area contributed by atoms with Crippen molar-refractivity contribution in [1.29, 1.82) is 0 Å². The Morgan fingerprint density at radius 2 is 1.89 bits per heavy atom. The van der Waals surface area contributed by atoms with E-state index in [9.17, 15) is 0 Å². The molecule has 0 aliphatic heterocycles. The number of nitrogens with two attached hydrogens (primary N) is 1. The van der Waals surface area contributed by atoms with Crippen LogP contribution in [0.3, 0.4) is 0 Å². The van der Waals surface area contributed by atoms with Gasteiger partial charge < -0.3 is 0 Å². The van der Waals surface area contributed by atoms with Gasteiger partial charge in [-0.2, -0.15) is 0 Å². The highest BCUT2D eigenvalue weighted by atomic mass is 32.1. The van der Waals surface area contributed by atoms with Crippen molar-refractivity contribution in [2.75, 3.05) is 0 Å². The summed E-state index contributed by atoms with van der Waals surface area (Å²) in [5.74, 6) is 5.81. The molecule has 0 fully saturated rings. The van der Waals surface area contributed by atoms with Crippen LogP contribution in [0, 0.1) is 6.92 Å². The van der Waals surface area contributed by atoms with Crippen molar-refractivity contribution in [3.05, 3.63) is 57.3 Å². The van der Waals surface area contributed by atoms with Crippen LogP contribution in [0.15, 0.2) is 35.7 Å². The predicted molar refractivity (Wildman–Crippen MR) is 83.4 cm³/mol. The molecule has 3 heteroatoms. The molecule has 0 saturated carbocycles. The lowest BCUT2D eigenvalue weighted by atomic mass is 9.81. The molecule has 102 valence electrons. The van der Waals surface area contributed by atoms with E-state index >= 15 is 0 Å². The van der Waals surface area contributed by atoms with Crippen LogP contribution in [0.25, 0.3) is 0 Å². The van der Waals surface area contributed by atoms with Crippen molar-refractivity contribution in [2.45, 2.75) is 39.2 Å². The van der Waals surface area contributed by atoms with Crippen molar-refractivity contribution in [3.63, 3.8) is 0 Å². The Bertz CT molecular complexity index is 552. The highest BCUT2D eigenvalue weighted by molar-refractivity contribution is 7.10. The number of benzene rings is 1. The first-order valence-electron chi connectivity index (χ1n) is 6.54. The summed E-state index contributed by atoms with van der Waals surface area (Å²) in [4.78, 5) is 1.31. The number of hydrogen-bond donors (Lipinski definition) is 2. The largest absolute Gasteiger partial charge is 0.271 e. The van der Waals surface area contributed by atoms with Crippen LogP contribution in [0.2, 0.25) is 0 Å². The number of thiophene rings is 1. The van der Waals surface area contributed by atoms with Gasteiger partial charge in [-0.25, -0.2) is 5.43 Å². The zero-order valence-corrected chi connectivity index (χ0v) is 12.8. The zero-order valence-electron chi connectivity index (χ0n) is 12.0. The summed E-state index contributed by atoms with van der Waals surface area (Å²) in [6.45, 7) is 8.83. The minimum Gasteiger partial charge on any atom is -0.271 e. The lowest BCUT2D eigenvalue weighted by molar-refractivity contribution is 0.558. The van der Waals surface area contributed by atoms with Crippen molar-refractivity contribution in [1.82, 2.24) is 5.43 Å². The molecule has 2 rings (SSSR count). The molecular formula is C16H22N2S. The number of rotatable bonds is 3. The Labute approximate surface area is 119 Å². The third kappa shape index (κ3) is 3.06. The average Bonchev–Trinajstić information content (AvgIpc) is 2.76. The van der Waals surface area contributed by atoms with Gasteiger partial charge in [0, 0.05) is 4.88 Å². The molecule has 1 aromatic heterocycles. The molecule has 1 aromatic carbocycles. The Morgan fingerprint density at radius 1 is 1.21 bits per heavy atom. The van der Waals surface area contributed by atoms with Crippen LogP contribution in [0.5, 0.6) is 0 Å². The summed E-state index contributed by atoms with van der Waals surface area (Å²) in [5.41, 5.74) is 6.91. The first-order valence-corrected chi connectivity index (χ1v) is 7.42. The van der Waals surface area contributed by atoms with Gasteiger partial charge in [-0.15, -0.1) is 11.3 Å². The number of hydrazine groups is 1. The Kier molecular flexibility index (Phi) is 4.09. The van der Waals surface area contributed by atoms with Crippen molar-refractivity contribution >= 4 is 11.3 Å². The molecule has 0 radical (unpaired) electrons. The van der Waals surface area contributed by atoms with E-state index in [4.69, 9.17) is 5.84 Å². The maximum absolute atomic E-state index is 5.81. The summed E-state index contributed by atoms with van der Waals surface area (Å²) in [7, 11) is 0. The molecule has 2 aromatic rings. The molecule has 2 nitrogen and oxygen atoms in total. The van der Waals surface area contributed by atoms with Crippen molar-refractivity contribution in [2.24, 2.45) is 5.84 Å². The molecule has 0 aliphatic carbocycles. The van der Waals surface area contributed by atoms with Crippen LogP contribution >= 0.6 is 11.3 Å². The van der Waals surface area contributed by atoms with Crippen LogP contribution < -0.4 is 11.3 Å². The lowest BCUT2D eigenvalue weighted by Crippen LogP contribution is -2.30. The van der Waals surface area contributed by atoms with E-state index in [0.717, 1.165) is 0 Å². The summed E-state index contributed by atoms with van der Waals surface area (Å²) in [6, 6.07) is 10.8. The van der Waals surface area contributed by atoms with Gasteiger partial charge in [0.25, 0.3) is 0 Å². The standard InChI is InChI=1S/C16H22N2S/c1-11-9-12(10-19-11)15(18-17)13-7-5-6-8-14(13)16(2,3)4/h5-10,15,18H,17H2,1-4H3. The van der Waals surface area contributed by atoms with E-state index in [2.05, 4.69) is 68.8 Å². The Balaban J connectivity index is 2.50. The first kappa shape index (κ1) is 14.3. The lowest BCUT2D eigenvalue weighted by Gasteiger charge is -2.27. The molecule has 0 spiro atoms. The van der Waals surface area contributed by atoms with Crippen LogP contribution in [0.4, 0.5) is 0 Å². The monoisotopic (exact) mass is 274 g/mol. The fraction of sp³-hybridized carbons (Fsp3) is 0.375. The minimum absolute atomic E-state index is 0.0559. The maximum Gasteiger partial charge on any atom is 0.0721 e. The van der Waals surface area contributed by atoms with Gasteiger partial charge in [-0.05, 0) is 40.5 Å². The van der Waals surface area contributed by atoms with Gasteiger partial charge in [0.1, 0.15) is 0 Å². The second kappa shape index (κ2) is 5.45. The average molecular weight is 274 g/mol. The van der Waals surface area contributed by atoms with E-state index in [0.29, 0.717) is 0 Å². The normalized spacial score (nSPS) is 13.5. The number of aryl methyl sites for hydroxylation is 1. The maximum atomic E-state index is 5.81. The minimum atomic E-state index is 0.0559. The molecule has 0 saturated heterocycles. The molecule has 19 heavy (non-hydrogen) atoms. The molecule has 0 bridgehead atoms. The van der Waals surface area contributed by atoms with Crippen molar-refractivity contribution < 1.29 is 0 Å². The molecule has 3 N–H and O–H groups in total. The Hall–Kier alpha value is -1.16. The highest BCUT2D eigenvalue weighted by Gasteiger charge is 2.23. The fourth-order valence-electron chi connectivity index (χ4n) is 2.41. The van der Waals surface area contributed by atoms with E-state index < -0.39 is 0 Å². The number of hydrogen-bond acceptors (Lipinski definition) is 3. The third-order valence-corrected chi connectivity index (χ3v) is 4.21. The van der Waals surface area contributed by atoms with E-state index in [1.807, 2.05) is 0 Å². The van der Waals surface area contributed by atoms with E-state index in [1.165, 1.54) is 21.6 Å². The molecule has 0 amide bonds. The Morgan fingerprint density at radius 3 is 2.42 bits per heavy atom. The molecular weight excluding hydrogens is 252 g/mol. The van der Waals surface area contributed by atoms with E-state index in [1.54, 1.807) is 11.3 Å². The molecule has 1 unspecified atom stereocenters. The van der Waals surface area contributed by atoms with Gasteiger partial charge in [0.15, 0.2) is 0 Å². The number of nitrogens with one attached hydrogen (secondary N) is 1.